The quantitative estimate of drug-likeness (QED) is 0.722. The summed E-state index contributed by atoms with van der Waals surface area (Å²) in [4.78, 5) is 0. The molecule has 114 valence electrons. The number of nitriles is 1. The fourth-order valence-corrected chi connectivity index (χ4v) is 4.29. The van der Waals surface area contributed by atoms with Gasteiger partial charge in [0.1, 0.15) is 0 Å². The van der Waals surface area contributed by atoms with Crippen LogP contribution in [0.5, 0.6) is 0 Å². The zero-order chi connectivity index (χ0) is 15.1. The zero-order valence-electron chi connectivity index (χ0n) is 13.2. The van der Waals surface area contributed by atoms with Gasteiger partial charge in [-0.05, 0) is 37.0 Å². The van der Waals surface area contributed by atoms with Gasteiger partial charge in [-0.3, -0.25) is 0 Å². The molecule has 3 atom stereocenters. The molecule has 0 aromatic rings. The van der Waals surface area contributed by atoms with Crippen molar-refractivity contribution in [3.05, 3.63) is 23.8 Å². The van der Waals surface area contributed by atoms with Crippen molar-refractivity contribution < 1.29 is 9.47 Å². The molecule has 1 saturated carbocycles. The van der Waals surface area contributed by atoms with Crippen LogP contribution >= 0.6 is 0 Å². The van der Waals surface area contributed by atoms with E-state index in [1.807, 2.05) is 0 Å². The maximum atomic E-state index is 9.21. The minimum atomic E-state index is -0.389. The summed E-state index contributed by atoms with van der Waals surface area (Å²) in [5.74, 6) is 0.422. The number of hydrogen-bond acceptors (Lipinski definition) is 3. The molecule has 1 aliphatic heterocycles. The van der Waals surface area contributed by atoms with E-state index in [9.17, 15) is 5.26 Å². The fraction of sp³-hybridized carbons (Fsp3) is 0.722. The van der Waals surface area contributed by atoms with E-state index in [4.69, 9.17) is 9.47 Å². The average molecular weight is 287 g/mol. The Hall–Kier alpha value is -1.11. The van der Waals surface area contributed by atoms with Gasteiger partial charge in [0.15, 0.2) is 5.79 Å². The highest BCUT2D eigenvalue weighted by molar-refractivity contribution is 5.28. The lowest BCUT2D eigenvalue weighted by Crippen LogP contribution is -2.46. The van der Waals surface area contributed by atoms with Crippen molar-refractivity contribution in [3.8, 4) is 6.07 Å². The van der Waals surface area contributed by atoms with Crippen LogP contribution in [-0.2, 0) is 9.47 Å². The molecule has 3 rings (SSSR count). The van der Waals surface area contributed by atoms with Crippen LogP contribution in [0.4, 0.5) is 0 Å². The SMILES string of the molecule is C=C(C)[C@@H]1C=C2CC3(CC[C@]2(C)[C@@H](CC#N)C1)OCCO3. The van der Waals surface area contributed by atoms with Gasteiger partial charge < -0.3 is 9.47 Å². The molecular formula is C18H25NO2. The van der Waals surface area contributed by atoms with Crippen LogP contribution in [0.2, 0.25) is 0 Å². The molecule has 1 saturated heterocycles. The number of ether oxygens (including phenoxy) is 2. The Morgan fingerprint density at radius 2 is 2.14 bits per heavy atom. The molecule has 0 N–H and O–H groups in total. The van der Waals surface area contributed by atoms with Gasteiger partial charge in [-0.1, -0.05) is 30.7 Å². The Morgan fingerprint density at radius 1 is 1.43 bits per heavy atom. The van der Waals surface area contributed by atoms with Crippen LogP contribution in [0.3, 0.4) is 0 Å². The van der Waals surface area contributed by atoms with Crippen LogP contribution in [0, 0.1) is 28.6 Å². The van der Waals surface area contributed by atoms with Gasteiger partial charge in [0.05, 0.1) is 19.3 Å². The molecule has 0 radical (unpaired) electrons. The van der Waals surface area contributed by atoms with Crippen LogP contribution in [-0.4, -0.2) is 19.0 Å². The van der Waals surface area contributed by atoms with E-state index in [0.29, 0.717) is 31.5 Å². The Morgan fingerprint density at radius 3 is 2.76 bits per heavy atom. The molecule has 0 bridgehead atoms. The van der Waals surface area contributed by atoms with Gasteiger partial charge in [-0.25, -0.2) is 0 Å². The lowest BCUT2D eigenvalue weighted by Gasteiger charge is -2.51. The van der Waals surface area contributed by atoms with Crippen molar-refractivity contribution in [2.75, 3.05) is 13.2 Å². The predicted octanol–water partition coefficient (Wildman–Crippen LogP) is 3.97. The molecule has 0 amide bonds. The molecular weight excluding hydrogens is 262 g/mol. The van der Waals surface area contributed by atoms with Crippen molar-refractivity contribution in [2.45, 2.75) is 51.7 Å². The molecule has 3 nitrogen and oxygen atoms in total. The predicted molar refractivity (Wildman–Crippen MR) is 81.3 cm³/mol. The Balaban J connectivity index is 1.93. The lowest BCUT2D eigenvalue weighted by molar-refractivity contribution is -0.180. The topological polar surface area (TPSA) is 42.2 Å². The van der Waals surface area contributed by atoms with E-state index in [0.717, 1.165) is 25.7 Å². The monoisotopic (exact) mass is 287 g/mol. The summed E-state index contributed by atoms with van der Waals surface area (Å²) in [7, 11) is 0. The molecule has 21 heavy (non-hydrogen) atoms. The van der Waals surface area contributed by atoms with E-state index in [2.05, 4.69) is 32.6 Å². The third-order valence-corrected chi connectivity index (χ3v) is 5.84. The third-order valence-electron chi connectivity index (χ3n) is 5.84. The van der Waals surface area contributed by atoms with Crippen molar-refractivity contribution in [1.82, 2.24) is 0 Å². The standard InChI is InChI=1S/C18H25NO2/c1-13(2)14-10-15(4-7-19)17(3)5-6-18(12-16(17)11-14)20-8-9-21-18/h11,14-15H,1,4-6,8-10,12H2,2-3H3/t14-,15-,17+/m0/s1. The first-order chi connectivity index (χ1) is 9.99. The summed E-state index contributed by atoms with van der Waals surface area (Å²) >= 11 is 0. The van der Waals surface area contributed by atoms with E-state index in [-0.39, 0.29) is 11.2 Å². The van der Waals surface area contributed by atoms with Crippen molar-refractivity contribution in [3.63, 3.8) is 0 Å². The fourth-order valence-electron chi connectivity index (χ4n) is 4.29. The summed E-state index contributed by atoms with van der Waals surface area (Å²) in [6.45, 7) is 9.96. The van der Waals surface area contributed by atoms with Crippen LogP contribution in [0.25, 0.3) is 0 Å². The molecule has 3 heteroatoms. The molecule has 0 unspecified atom stereocenters. The molecule has 2 aliphatic carbocycles. The Bertz CT molecular complexity index is 510. The molecule has 0 aromatic carbocycles. The normalized spacial score (nSPS) is 37.7. The Kier molecular flexibility index (Phi) is 3.71. The summed E-state index contributed by atoms with van der Waals surface area (Å²) < 4.78 is 11.8. The second kappa shape index (κ2) is 5.26. The van der Waals surface area contributed by atoms with Gasteiger partial charge in [0, 0.05) is 19.3 Å². The second-order valence-electron chi connectivity index (χ2n) is 7.14. The lowest BCUT2D eigenvalue weighted by atomic mass is 9.56. The first-order valence-electron chi connectivity index (χ1n) is 8.00. The van der Waals surface area contributed by atoms with E-state index in [1.54, 1.807) is 0 Å². The number of rotatable bonds is 2. The smallest absolute Gasteiger partial charge is 0.172 e. The molecule has 2 fully saturated rings. The molecule has 0 aromatic heterocycles. The Labute approximate surface area is 127 Å². The summed E-state index contributed by atoms with van der Waals surface area (Å²) in [5.41, 5.74) is 2.75. The van der Waals surface area contributed by atoms with Gasteiger partial charge in [-0.15, -0.1) is 0 Å². The zero-order valence-corrected chi connectivity index (χ0v) is 13.2. The summed E-state index contributed by atoms with van der Waals surface area (Å²) in [6.07, 6.45) is 6.93. The number of nitrogens with zero attached hydrogens (tertiary/aromatic N) is 1. The average Bonchev–Trinajstić information content (AvgIpc) is 2.89. The number of hydrogen-bond donors (Lipinski definition) is 0. The highest BCUT2D eigenvalue weighted by atomic mass is 16.7. The van der Waals surface area contributed by atoms with Crippen molar-refractivity contribution >= 4 is 0 Å². The first kappa shape index (κ1) is 14.8. The highest BCUT2D eigenvalue weighted by Gasteiger charge is 2.51. The first-order valence-corrected chi connectivity index (χ1v) is 8.00. The van der Waals surface area contributed by atoms with E-state index < -0.39 is 0 Å². The molecule has 3 aliphatic rings. The second-order valence-corrected chi connectivity index (χ2v) is 7.14. The summed E-state index contributed by atoms with van der Waals surface area (Å²) in [5, 5.41) is 9.21. The minimum Gasteiger partial charge on any atom is -0.347 e. The largest absolute Gasteiger partial charge is 0.347 e. The van der Waals surface area contributed by atoms with E-state index >= 15 is 0 Å². The molecule has 1 spiro atoms. The number of allylic oxidation sites excluding steroid dienone is 2. The van der Waals surface area contributed by atoms with Crippen LogP contribution in [0.1, 0.15) is 46.0 Å². The van der Waals surface area contributed by atoms with Crippen LogP contribution in [0.15, 0.2) is 23.8 Å². The molecule has 1 heterocycles. The van der Waals surface area contributed by atoms with Gasteiger partial charge in [0.2, 0.25) is 0 Å². The minimum absolute atomic E-state index is 0.127. The van der Waals surface area contributed by atoms with Crippen molar-refractivity contribution in [1.29, 1.82) is 5.26 Å². The van der Waals surface area contributed by atoms with Gasteiger partial charge >= 0.3 is 0 Å². The maximum Gasteiger partial charge on any atom is 0.172 e. The van der Waals surface area contributed by atoms with Crippen molar-refractivity contribution in [2.24, 2.45) is 17.3 Å². The highest BCUT2D eigenvalue weighted by Crippen LogP contribution is 2.57. The van der Waals surface area contributed by atoms with Crippen LogP contribution < -0.4 is 0 Å². The van der Waals surface area contributed by atoms with E-state index in [1.165, 1.54) is 11.1 Å². The summed E-state index contributed by atoms with van der Waals surface area (Å²) in [6, 6.07) is 2.40. The van der Waals surface area contributed by atoms with Gasteiger partial charge in [0.25, 0.3) is 0 Å². The van der Waals surface area contributed by atoms with Gasteiger partial charge in [-0.2, -0.15) is 5.26 Å². The third kappa shape index (κ3) is 2.45. The number of fused-ring (bicyclic) bond motifs is 1. The maximum absolute atomic E-state index is 9.21.